The first-order valence-corrected chi connectivity index (χ1v) is 13.9. The van der Waals surface area contributed by atoms with Gasteiger partial charge in [-0.3, -0.25) is 9.69 Å². The number of nitriles is 1. The highest BCUT2D eigenvalue weighted by molar-refractivity contribution is 7.15. The van der Waals surface area contributed by atoms with Crippen molar-refractivity contribution in [2.24, 2.45) is 5.92 Å². The Hall–Kier alpha value is -3.66. The number of pyridine rings is 1. The minimum atomic E-state index is -0.618. The molecule has 9 nitrogen and oxygen atoms in total. The molecule has 1 aliphatic rings. The smallest absolute Gasteiger partial charge is 0.270 e. The molecule has 212 valence electrons. The van der Waals surface area contributed by atoms with Gasteiger partial charge >= 0.3 is 0 Å². The Morgan fingerprint density at radius 1 is 1.27 bits per heavy atom. The SMILES string of the molecule is CCOc1nc(C(=O)NCC2CCN(Cc3sc(-c4c(F)cccc4F)nc3CN(C)C)CC2)cc(N)c1C#N. The van der Waals surface area contributed by atoms with Crippen LogP contribution in [-0.4, -0.2) is 66.0 Å². The van der Waals surface area contributed by atoms with E-state index in [0.717, 1.165) is 36.5 Å². The number of benzene rings is 1. The Morgan fingerprint density at radius 3 is 2.60 bits per heavy atom. The van der Waals surface area contributed by atoms with Crippen LogP contribution in [0.15, 0.2) is 24.3 Å². The van der Waals surface area contributed by atoms with Gasteiger partial charge in [0.05, 0.1) is 23.6 Å². The maximum Gasteiger partial charge on any atom is 0.270 e. The average molecular weight is 570 g/mol. The molecular weight excluding hydrogens is 536 g/mol. The van der Waals surface area contributed by atoms with Crippen molar-refractivity contribution in [1.29, 1.82) is 5.26 Å². The van der Waals surface area contributed by atoms with E-state index in [4.69, 9.17) is 10.5 Å². The third-order valence-electron chi connectivity index (χ3n) is 6.69. The minimum absolute atomic E-state index is 0.0565. The topological polar surface area (TPSA) is 120 Å². The predicted molar refractivity (Wildman–Crippen MR) is 150 cm³/mol. The first kappa shape index (κ1) is 29.3. The number of amides is 1. The number of nitrogen functional groups attached to an aromatic ring is 1. The second-order valence-electron chi connectivity index (χ2n) is 9.97. The predicted octanol–water partition coefficient (Wildman–Crippen LogP) is 4.04. The highest BCUT2D eigenvalue weighted by Crippen LogP contribution is 2.34. The Bertz CT molecular complexity index is 1380. The van der Waals surface area contributed by atoms with Crippen LogP contribution < -0.4 is 15.8 Å². The van der Waals surface area contributed by atoms with Crippen molar-refractivity contribution in [3.05, 3.63) is 57.7 Å². The molecule has 40 heavy (non-hydrogen) atoms. The molecule has 1 aliphatic heterocycles. The molecule has 1 amide bonds. The summed E-state index contributed by atoms with van der Waals surface area (Å²) in [6.07, 6.45) is 1.76. The molecule has 1 saturated heterocycles. The van der Waals surface area contributed by atoms with Gasteiger partial charge in [0, 0.05) is 24.5 Å². The standard InChI is InChI=1S/C28H33F2N7O2S/c1-4-39-27-18(13-31)21(32)12-22(34-27)26(38)33-14-17-8-10-37(11-9-17)16-24-23(15-36(2)3)35-28(40-24)25-19(29)6-5-7-20(25)30/h5-7,12,17H,4,8-11,14-16H2,1-3H3,(H2,32,34)(H,33,38). The van der Waals surface area contributed by atoms with Gasteiger partial charge in [-0.25, -0.2) is 18.7 Å². The molecule has 0 aliphatic carbocycles. The summed E-state index contributed by atoms with van der Waals surface area (Å²) in [6, 6.07) is 7.20. The molecule has 0 radical (unpaired) electrons. The molecule has 12 heteroatoms. The number of thiazole rings is 1. The van der Waals surface area contributed by atoms with Gasteiger partial charge < -0.3 is 20.7 Å². The van der Waals surface area contributed by atoms with Crippen molar-refractivity contribution in [3.8, 4) is 22.5 Å². The zero-order valence-corrected chi connectivity index (χ0v) is 23.7. The second kappa shape index (κ2) is 13.1. The molecule has 1 fully saturated rings. The summed E-state index contributed by atoms with van der Waals surface area (Å²) < 4.78 is 34.2. The molecule has 1 aromatic carbocycles. The molecule has 0 spiro atoms. The highest BCUT2D eigenvalue weighted by atomic mass is 32.1. The summed E-state index contributed by atoms with van der Waals surface area (Å²) in [5.74, 6) is -1.26. The van der Waals surface area contributed by atoms with E-state index < -0.39 is 11.6 Å². The van der Waals surface area contributed by atoms with E-state index in [-0.39, 0.29) is 40.2 Å². The number of nitrogens with two attached hydrogens (primary N) is 1. The Labute approximate surface area is 236 Å². The highest BCUT2D eigenvalue weighted by Gasteiger charge is 2.25. The number of anilines is 1. The van der Waals surface area contributed by atoms with Crippen molar-refractivity contribution in [1.82, 2.24) is 25.1 Å². The zero-order chi connectivity index (χ0) is 28.8. The summed E-state index contributed by atoms with van der Waals surface area (Å²) in [4.78, 5) is 26.8. The number of nitrogens with one attached hydrogen (secondary N) is 1. The summed E-state index contributed by atoms with van der Waals surface area (Å²) in [7, 11) is 3.87. The molecular formula is C28H33F2N7O2S. The molecule has 0 atom stereocenters. The van der Waals surface area contributed by atoms with Gasteiger partial charge in [0.15, 0.2) is 0 Å². The number of halogens is 2. The number of hydrogen-bond acceptors (Lipinski definition) is 9. The zero-order valence-electron chi connectivity index (χ0n) is 22.8. The van der Waals surface area contributed by atoms with Crippen LogP contribution in [0.3, 0.4) is 0 Å². The van der Waals surface area contributed by atoms with E-state index >= 15 is 0 Å². The van der Waals surface area contributed by atoms with Crippen molar-refractivity contribution in [3.63, 3.8) is 0 Å². The number of aromatic nitrogens is 2. The monoisotopic (exact) mass is 569 g/mol. The van der Waals surface area contributed by atoms with Crippen LogP contribution >= 0.6 is 11.3 Å². The van der Waals surface area contributed by atoms with Crippen LogP contribution in [0, 0.1) is 28.9 Å². The molecule has 0 saturated carbocycles. The molecule has 4 rings (SSSR count). The summed E-state index contributed by atoms with van der Waals surface area (Å²) in [5, 5.41) is 12.6. The Morgan fingerprint density at radius 2 is 1.98 bits per heavy atom. The molecule has 3 N–H and O–H groups in total. The van der Waals surface area contributed by atoms with Crippen molar-refractivity contribution in [2.75, 3.05) is 46.1 Å². The van der Waals surface area contributed by atoms with Gasteiger partial charge in [-0.15, -0.1) is 11.3 Å². The lowest BCUT2D eigenvalue weighted by Crippen LogP contribution is -2.38. The first-order valence-electron chi connectivity index (χ1n) is 13.1. The average Bonchev–Trinajstić information content (AvgIpc) is 3.28. The number of nitrogens with zero attached hydrogens (tertiary/aromatic N) is 5. The maximum atomic E-state index is 14.4. The van der Waals surface area contributed by atoms with Crippen LogP contribution in [0.2, 0.25) is 0 Å². The van der Waals surface area contributed by atoms with E-state index in [2.05, 4.69) is 20.2 Å². The lowest BCUT2D eigenvalue weighted by atomic mass is 9.96. The van der Waals surface area contributed by atoms with E-state index in [1.165, 1.54) is 35.6 Å². The van der Waals surface area contributed by atoms with Crippen LogP contribution in [-0.2, 0) is 13.1 Å². The van der Waals surface area contributed by atoms with Gasteiger partial charge in [-0.1, -0.05) is 6.07 Å². The summed E-state index contributed by atoms with van der Waals surface area (Å²) in [6.45, 7) is 5.40. The van der Waals surface area contributed by atoms with Gasteiger partial charge in [-0.2, -0.15) is 5.26 Å². The van der Waals surface area contributed by atoms with E-state index in [1.54, 1.807) is 6.92 Å². The van der Waals surface area contributed by atoms with E-state index in [0.29, 0.717) is 31.2 Å². The number of carbonyl (C=O) groups excluding carboxylic acids is 1. The van der Waals surface area contributed by atoms with E-state index in [9.17, 15) is 18.8 Å². The maximum absolute atomic E-state index is 14.4. The van der Waals surface area contributed by atoms with Crippen molar-refractivity contribution >= 4 is 22.9 Å². The third kappa shape index (κ3) is 6.91. The fourth-order valence-corrected chi connectivity index (χ4v) is 5.79. The summed E-state index contributed by atoms with van der Waals surface area (Å²) in [5.41, 5.74) is 7.05. The van der Waals surface area contributed by atoms with Gasteiger partial charge in [0.1, 0.15) is 34.0 Å². The molecule has 3 heterocycles. The van der Waals surface area contributed by atoms with Crippen molar-refractivity contribution < 1.29 is 18.3 Å². The third-order valence-corrected chi connectivity index (χ3v) is 7.79. The van der Waals surface area contributed by atoms with Gasteiger partial charge in [0.2, 0.25) is 5.88 Å². The quantitative estimate of drug-likeness (QED) is 0.375. The molecule has 3 aromatic rings. The number of rotatable bonds is 10. The van der Waals surface area contributed by atoms with Crippen molar-refractivity contribution in [2.45, 2.75) is 32.9 Å². The van der Waals surface area contributed by atoms with Crippen LogP contribution in [0.5, 0.6) is 5.88 Å². The molecule has 0 bridgehead atoms. The van der Waals surface area contributed by atoms with Gasteiger partial charge in [0.25, 0.3) is 5.91 Å². The fraction of sp³-hybridized carbons (Fsp3) is 0.429. The Kier molecular flexibility index (Phi) is 9.63. The normalized spacial score (nSPS) is 14.3. The lowest BCUT2D eigenvalue weighted by Gasteiger charge is -2.31. The first-order chi connectivity index (χ1) is 19.2. The van der Waals surface area contributed by atoms with Crippen LogP contribution in [0.1, 0.15) is 46.4 Å². The molecule has 0 unspecified atom stereocenters. The number of hydrogen-bond donors (Lipinski definition) is 2. The van der Waals surface area contributed by atoms with Gasteiger partial charge in [-0.05, 0) is 71.1 Å². The van der Waals surface area contributed by atoms with E-state index in [1.807, 2.05) is 25.1 Å². The number of ether oxygens (including phenoxy) is 1. The Balaban J connectivity index is 1.36. The lowest BCUT2D eigenvalue weighted by molar-refractivity contribution is 0.0929. The number of piperidine rings is 1. The minimum Gasteiger partial charge on any atom is -0.477 e. The molecule has 2 aromatic heterocycles. The fourth-order valence-electron chi connectivity index (χ4n) is 4.63. The summed E-state index contributed by atoms with van der Waals surface area (Å²) >= 11 is 1.33. The van der Waals surface area contributed by atoms with Crippen LogP contribution in [0.4, 0.5) is 14.5 Å². The largest absolute Gasteiger partial charge is 0.477 e. The van der Waals surface area contributed by atoms with Crippen LogP contribution in [0.25, 0.3) is 10.6 Å². The second-order valence-corrected chi connectivity index (χ2v) is 11.1. The number of likely N-dealkylation sites (tertiary alicyclic amines) is 1. The number of carbonyl (C=O) groups is 1.